The van der Waals surface area contributed by atoms with Crippen molar-refractivity contribution in [1.29, 1.82) is 0 Å². The summed E-state index contributed by atoms with van der Waals surface area (Å²) < 4.78 is 27.2. The van der Waals surface area contributed by atoms with E-state index in [1.165, 1.54) is 45.9 Å². The zero-order valence-electron chi connectivity index (χ0n) is 24.7. The van der Waals surface area contributed by atoms with Crippen molar-refractivity contribution >= 4 is 59.7 Å². The molecule has 5 aromatic rings. The van der Waals surface area contributed by atoms with Gasteiger partial charge in [-0.05, 0) is 49.2 Å². The minimum atomic E-state index is -3.92. The minimum Gasteiger partial charge on any atom is -0.748 e. The van der Waals surface area contributed by atoms with Gasteiger partial charge in [0.2, 0.25) is 0 Å². The monoisotopic (exact) mass is 644 g/mol. The standard InChI is InChI=1S/C35H36P3.CH4O3S/c1-38(35-25-15-6-16-26-35,29-27-36(31-17-7-2-8-18-31)32-19-9-3-10-20-32)30-28-37(33-21-11-4-12-22-33)34-23-13-5-14-24-34;1-5(2,3)4/h2-26H,27-30H2,1H3;1H3,(H,2,3,4)/q+1;/p-1. The van der Waals surface area contributed by atoms with Gasteiger partial charge < -0.3 is 4.55 Å². The lowest BCUT2D eigenvalue weighted by atomic mass is 10.4. The van der Waals surface area contributed by atoms with Gasteiger partial charge in [0.25, 0.3) is 0 Å². The molecule has 3 nitrogen and oxygen atoms in total. The molecule has 0 heterocycles. The molecule has 5 aromatic carbocycles. The van der Waals surface area contributed by atoms with Crippen molar-refractivity contribution < 1.29 is 13.0 Å². The average Bonchev–Trinajstić information content (AvgIpc) is 3.03. The van der Waals surface area contributed by atoms with Crippen molar-refractivity contribution in [3.63, 3.8) is 0 Å². The Morgan fingerprint density at radius 2 is 0.744 bits per heavy atom. The lowest BCUT2D eigenvalue weighted by Gasteiger charge is -2.28. The first-order chi connectivity index (χ1) is 20.7. The zero-order chi connectivity index (χ0) is 30.5. The highest BCUT2D eigenvalue weighted by Crippen LogP contribution is 2.57. The molecule has 0 radical (unpaired) electrons. The van der Waals surface area contributed by atoms with E-state index in [9.17, 15) is 0 Å². The molecule has 0 fully saturated rings. The third kappa shape index (κ3) is 10.8. The van der Waals surface area contributed by atoms with Crippen molar-refractivity contribution in [1.82, 2.24) is 0 Å². The van der Waals surface area contributed by atoms with E-state index in [2.05, 4.69) is 158 Å². The fraction of sp³-hybridized carbons (Fsp3) is 0.167. The van der Waals surface area contributed by atoms with Gasteiger partial charge in [-0.15, -0.1) is 0 Å². The molecule has 43 heavy (non-hydrogen) atoms. The van der Waals surface area contributed by atoms with E-state index >= 15 is 0 Å². The van der Waals surface area contributed by atoms with E-state index in [1.807, 2.05) is 0 Å². The van der Waals surface area contributed by atoms with Crippen molar-refractivity contribution in [2.75, 3.05) is 37.6 Å². The molecule has 0 saturated heterocycles. The van der Waals surface area contributed by atoms with E-state index in [1.54, 1.807) is 5.30 Å². The van der Waals surface area contributed by atoms with Gasteiger partial charge in [-0.3, -0.25) is 0 Å². The van der Waals surface area contributed by atoms with Crippen LogP contribution in [0.5, 0.6) is 0 Å². The molecule has 7 heteroatoms. The van der Waals surface area contributed by atoms with Crippen molar-refractivity contribution in [3.8, 4) is 0 Å². The topological polar surface area (TPSA) is 57.2 Å². The fourth-order valence-electron chi connectivity index (χ4n) is 5.05. The molecule has 0 saturated carbocycles. The molecule has 0 bridgehead atoms. The number of rotatable bonds is 11. The van der Waals surface area contributed by atoms with Gasteiger partial charge in [-0.1, -0.05) is 140 Å². The third-order valence-electron chi connectivity index (χ3n) is 7.29. The molecule has 0 aliphatic carbocycles. The summed E-state index contributed by atoms with van der Waals surface area (Å²) >= 11 is 0. The number of hydrogen-bond donors (Lipinski definition) is 0. The van der Waals surface area contributed by atoms with Crippen LogP contribution in [0, 0.1) is 0 Å². The van der Waals surface area contributed by atoms with Crippen LogP contribution < -0.4 is 26.5 Å². The summed E-state index contributed by atoms with van der Waals surface area (Å²) in [4.78, 5) is 0. The molecule has 0 aromatic heterocycles. The lowest BCUT2D eigenvalue weighted by molar-refractivity contribution is 0.470. The number of benzene rings is 5. The summed E-state index contributed by atoms with van der Waals surface area (Å²) in [6.07, 6.45) is 5.62. The highest BCUT2D eigenvalue weighted by Gasteiger charge is 2.36. The molecular formula is C36H39O3P3S. The predicted octanol–water partition coefficient (Wildman–Crippen LogP) is 6.39. The highest BCUT2D eigenvalue weighted by atomic mass is 32.2. The second-order valence-corrected chi connectivity index (χ2v) is 20.8. The smallest absolute Gasteiger partial charge is 0.0936 e. The van der Waals surface area contributed by atoms with Crippen molar-refractivity contribution in [2.24, 2.45) is 0 Å². The van der Waals surface area contributed by atoms with Gasteiger partial charge >= 0.3 is 0 Å². The van der Waals surface area contributed by atoms with Gasteiger partial charge in [-0.2, -0.15) is 0 Å². The maximum atomic E-state index is 9.08. The Kier molecular flexibility index (Phi) is 12.7. The highest BCUT2D eigenvalue weighted by molar-refractivity contribution is 7.85. The van der Waals surface area contributed by atoms with E-state index in [0.717, 1.165) is 0 Å². The van der Waals surface area contributed by atoms with Crippen molar-refractivity contribution in [3.05, 3.63) is 152 Å². The van der Waals surface area contributed by atoms with Gasteiger partial charge in [0.05, 0.1) is 34.4 Å². The first-order valence-electron chi connectivity index (χ1n) is 14.3. The van der Waals surface area contributed by atoms with E-state index in [4.69, 9.17) is 13.0 Å². The molecule has 5 rings (SSSR count). The first kappa shape index (κ1) is 33.2. The molecule has 222 valence electrons. The second kappa shape index (κ2) is 16.4. The summed E-state index contributed by atoms with van der Waals surface area (Å²) in [6, 6.07) is 56.3. The Hall–Kier alpha value is -2.70. The first-order valence-corrected chi connectivity index (χ1v) is 21.8. The molecule has 0 spiro atoms. The van der Waals surface area contributed by atoms with Gasteiger partial charge in [-0.25, -0.2) is 8.42 Å². The fourth-order valence-corrected chi connectivity index (χ4v) is 15.6. The van der Waals surface area contributed by atoms with Gasteiger partial charge in [0, 0.05) is 25.8 Å². The van der Waals surface area contributed by atoms with Crippen LogP contribution in [0.1, 0.15) is 0 Å². The normalized spacial score (nSPS) is 11.7. The number of hydrogen-bond acceptors (Lipinski definition) is 3. The van der Waals surface area contributed by atoms with Crippen LogP contribution in [0.15, 0.2) is 152 Å². The minimum absolute atomic E-state index is 0.386. The Labute approximate surface area is 261 Å². The van der Waals surface area contributed by atoms with E-state index in [0.29, 0.717) is 6.26 Å². The van der Waals surface area contributed by atoms with Gasteiger partial charge in [0.15, 0.2) is 0 Å². The zero-order valence-corrected chi connectivity index (χ0v) is 28.2. The summed E-state index contributed by atoms with van der Waals surface area (Å²) in [7, 11) is -6.07. The quantitative estimate of drug-likeness (QED) is 0.124. The molecule has 0 aliphatic heterocycles. The Balaban J connectivity index is 0.000000782. The molecule has 0 atom stereocenters. The van der Waals surface area contributed by atoms with Crippen LogP contribution in [0.4, 0.5) is 0 Å². The SMILES string of the molecule is CS(=O)(=O)[O-].C[P+](CCP(c1ccccc1)c1ccccc1)(CCP(c1ccccc1)c1ccccc1)c1ccccc1. The summed E-state index contributed by atoms with van der Waals surface area (Å²) in [5.74, 6) is 0. The van der Waals surface area contributed by atoms with Crippen LogP contribution in [0.2, 0.25) is 0 Å². The Morgan fingerprint density at radius 1 is 0.512 bits per heavy atom. The molecule has 0 unspecified atom stereocenters. The summed E-state index contributed by atoms with van der Waals surface area (Å²) in [6.45, 7) is 2.62. The molecule has 0 amide bonds. The Bertz CT molecular complexity index is 1430. The van der Waals surface area contributed by atoms with Crippen LogP contribution in [-0.2, 0) is 10.1 Å². The van der Waals surface area contributed by atoms with E-state index < -0.39 is 17.4 Å². The summed E-state index contributed by atoms with van der Waals surface area (Å²) in [5.41, 5.74) is 0. The lowest BCUT2D eigenvalue weighted by Crippen LogP contribution is -2.24. The Morgan fingerprint density at radius 3 is 1.00 bits per heavy atom. The van der Waals surface area contributed by atoms with Gasteiger partial charge in [0.1, 0.15) is 0 Å². The maximum absolute atomic E-state index is 9.08. The maximum Gasteiger partial charge on any atom is 0.0936 e. The molecule has 0 aliphatic rings. The van der Waals surface area contributed by atoms with Crippen molar-refractivity contribution in [2.45, 2.75) is 0 Å². The average molecular weight is 645 g/mol. The largest absolute Gasteiger partial charge is 0.748 e. The van der Waals surface area contributed by atoms with Crippen LogP contribution in [0.25, 0.3) is 0 Å². The van der Waals surface area contributed by atoms with Crippen LogP contribution in [0.3, 0.4) is 0 Å². The second-order valence-electron chi connectivity index (χ2n) is 10.5. The van der Waals surface area contributed by atoms with Crippen LogP contribution >= 0.6 is 23.1 Å². The van der Waals surface area contributed by atoms with Crippen LogP contribution in [-0.4, -0.2) is 50.5 Å². The third-order valence-corrected chi connectivity index (χ3v) is 17.0. The van der Waals surface area contributed by atoms with E-state index in [-0.39, 0.29) is 15.8 Å². The molecular weight excluding hydrogens is 605 g/mol. The predicted molar refractivity (Wildman–Crippen MR) is 192 cm³/mol. The molecule has 0 N–H and O–H groups in total. The summed E-state index contributed by atoms with van der Waals surface area (Å²) in [5, 5.41) is 7.54.